The highest BCUT2D eigenvalue weighted by atomic mass is 16.2. The van der Waals surface area contributed by atoms with Gasteiger partial charge >= 0.3 is 0 Å². The van der Waals surface area contributed by atoms with Crippen LogP contribution in [0.25, 0.3) is 0 Å². The average molecular weight is 359 g/mol. The summed E-state index contributed by atoms with van der Waals surface area (Å²) in [5.41, 5.74) is 3.12. The Bertz CT molecular complexity index is 698. The molecule has 0 saturated carbocycles. The number of hydrogen-bond donors (Lipinski definition) is 0. The maximum atomic E-state index is 12.8. The van der Waals surface area contributed by atoms with E-state index in [1.54, 1.807) is 16.8 Å². The lowest BCUT2D eigenvalue weighted by molar-refractivity contribution is -0.144. The molecule has 26 heavy (non-hydrogen) atoms. The van der Waals surface area contributed by atoms with Crippen LogP contribution in [0.15, 0.2) is 18.2 Å². The van der Waals surface area contributed by atoms with Crippen molar-refractivity contribution in [1.29, 1.82) is 0 Å². The molecule has 1 heterocycles. The molecule has 0 aromatic heterocycles. The molecule has 1 aromatic carbocycles. The number of nitrogens with zero attached hydrogens (tertiary/aromatic N) is 3. The lowest BCUT2D eigenvalue weighted by Crippen LogP contribution is -2.44. The van der Waals surface area contributed by atoms with Crippen LogP contribution in [-0.4, -0.2) is 60.7 Å². The third-order valence-corrected chi connectivity index (χ3v) is 5.17. The van der Waals surface area contributed by atoms with Crippen LogP contribution in [-0.2, 0) is 14.4 Å². The summed E-state index contributed by atoms with van der Waals surface area (Å²) in [6.45, 7) is 9.61. The summed E-state index contributed by atoms with van der Waals surface area (Å²) < 4.78 is 0. The third kappa shape index (κ3) is 4.06. The summed E-state index contributed by atoms with van der Waals surface area (Å²) in [4.78, 5) is 42.4. The van der Waals surface area contributed by atoms with E-state index in [4.69, 9.17) is 0 Å². The van der Waals surface area contributed by atoms with Crippen LogP contribution >= 0.6 is 0 Å². The van der Waals surface area contributed by atoms with E-state index in [0.29, 0.717) is 26.1 Å². The molecule has 0 spiro atoms. The minimum Gasteiger partial charge on any atom is -0.342 e. The van der Waals surface area contributed by atoms with Gasteiger partial charge in [0, 0.05) is 32.4 Å². The summed E-state index contributed by atoms with van der Waals surface area (Å²) in [5, 5.41) is 0. The zero-order valence-corrected chi connectivity index (χ0v) is 16.4. The third-order valence-electron chi connectivity index (χ3n) is 5.17. The Morgan fingerprint density at radius 1 is 1.15 bits per heavy atom. The molecule has 3 amide bonds. The number of benzene rings is 1. The molecule has 6 nitrogen and oxygen atoms in total. The normalized spacial score (nSPS) is 16.7. The first kappa shape index (κ1) is 19.9. The summed E-state index contributed by atoms with van der Waals surface area (Å²) in [6, 6.07) is 5.89. The van der Waals surface area contributed by atoms with Gasteiger partial charge in [-0.05, 0) is 57.4 Å². The largest absolute Gasteiger partial charge is 0.342 e. The van der Waals surface area contributed by atoms with Crippen molar-refractivity contribution < 1.29 is 14.4 Å². The Hall–Kier alpha value is -2.37. The molecule has 1 aliphatic heterocycles. The van der Waals surface area contributed by atoms with Crippen molar-refractivity contribution in [2.24, 2.45) is 5.92 Å². The summed E-state index contributed by atoms with van der Waals surface area (Å²) in [7, 11) is 1.59. The Morgan fingerprint density at radius 3 is 2.38 bits per heavy atom. The molecule has 0 bridgehead atoms. The van der Waals surface area contributed by atoms with Gasteiger partial charge in [-0.1, -0.05) is 6.07 Å². The van der Waals surface area contributed by atoms with Gasteiger partial charge in [0.05, 0.1) is 6.54 Å². The van der Waals surface area contributed by atoms with Crippen LogP contribution < -0.4 is 4.90 Å². The van der Waals surface area contributed by atoms with Crippen LogP contribution in [0.3, 0.4) is 0 Å². The van der Waals surface area contributed by atoms with Gasteiger partial charge in [0.25, 0.3) is 0 Å². The molecule has 1 aliphatic rings. The molecule has 0 N–H and O–H groups in total. The van der Waals surface area contributed by atoms with E-state index in [1.807, 2.05) is 45.9 Å². The first-order valence-electron chi connectivity index (χ1n) is 9.21. The minimum absolute atomic E-state index is 0.00787. The lowest BCUT2D eigenvalue weighted by Gasteiger charge is -2.25. The number of likely N-dealkylation sites (N-methyl/N-ethyl adjacent to an activating group) is 2. The number of carbonyl (C=O) groups excluding carboxylic acids is 3. The van der Waals surface area contributed by atoms with Crippen molar-refractivity contribution >= 4 is 23.4 Å². The van der Waals surface area contributed by atoms with E-state index >= 15 is 0 Å². The van der Waals surface area contributed by atoms with Gasteiger partial charge in [-0.3, -0.25) is 14.4 Å². The van der Waals surface area contributed by atoms with Crippen LogP contribution in [0.4, 0.5) is 5.69 Å². The topological polar surface area (TPSA) is 60.9 Å². The second kappa shape index (κ2) is 8.34. The van der Waals surface area contributed by atoms with Gasteiger partial charge in [0.15, 0.2) is 0 Å². The lowest BCUT2D eigenvalue weighted by atomic mass is 10.1. The average Bonchev–Trinajstić information content (AvgIpc) is 2.99. The summed E-state index contributed by atoms with van der Waals surface area (Å²) in [6.07, 6.45) is 0.481. The number of amides is 3. The van der Waals surface area contributed by atoms with Crippen molar-refractivity contribution in [3.63, 3.8) is 0 Å². The van der Waals surface area contributed by atoms with E-state index in [-0.39, 0.29) is 24.3 Å². The Balaban J connectivity index is 2.05. The Labute approximate surface area is 155 Å². The van der Waals surface area contributed by atoms with Crippen molar-refractivity contribution in [2.45, 2.75) is 34.1 Å². The van der Waals surface area contributed by atoms with Gasteiger partial charge in [-0.25, -0.2) is 0 Å². The second-order valence-electron chi connectivity index (χ2n) is 6.86. The molecular weight excluding hydrogens is 330 g/mol. The first-order chi connectivity index (χ1) is 12.3. The molecule has 142 valence electrons. The first-order valence-corrected chi connectivity index (χ1v) is 9.21. The molecule has 6 heteroatoms. The molecule has 0 aliphatic carbocycles. The molecule has 1 unspecified atom stereocenters. The van der Waals surface area contributed by atoms with Gasteiger partial charge in [-0.2, -0.15) is 0 Å². The molecular formula is C20H29N3O3. The highest BCUT2D eigenvalue weighted by Crippen LogP contribution is 2.27. The van der Waals surface area contributed by atoms with E-state index in [1.165, 1.54) is 10.5 Å². The zero-order valence-electron chi connectivity index (χ0n) is 16.4. The number of carbonyl (C=O) groups is 3. The predicted octanol–water partition coefficient (Wildman–Crippen LogP) is 1.98. The molecule has 2 rings (SSSR count). The van der Waals surface area contributed by atoms with E-state index in [2.05, 4.69) is 0 Å². The molecule has 1 aromatic rings. The second-order valence-corrected chi connectivity index (χ2v) is 6.86. The molecule has 1 saturated heterocycles. The smallest absolute Gasteiger partial charge is 0.242 e. The number of anilines is 1. The predicted molar refractivity (Wildman–Crippen MR) is 102 cm³/mol. The summed E-state index contributed by atoms with van der Waals surface area (Å²) in [5.74, 6) is -1.25. The maximum absolute atomic E-state index is 12.8. The Kier molecular flexibility index (Phi) is 6.40. The fraction of sp³-hybridized carbons (Fsp3) is 0.550. The van der Waals surface area contributed by atoms with Gasteiger partial charge in [-0.15, -0.1) is 0 Å². The minimum atomic E-state index is -0.703. The zero-order chi connectivity index (χ0) is 19.4. The maximum Gasteiger partial charge on any atom is 0.242 e. The van der Waals surface area contributed by atoms with Crippen molar-refractivity contribution in [1.82, 2.24) is 9.80 Å². The van der Waals surface area contributed by atoms with E-state index < -0.39 is 5.92 Å². The quantitative estimate of drug-likeness (QED) is 0.730. The van der Waals surface area contributed by atoms with E-state index in [0.717, 1.165) is 11.3 Å². The van der Waals surface area contributed by atoms with Crippen LogP contribution in [0.5, 0.6) is 0 Å². The summed E-state index contributed by atoms with van der Waals surface area (Å²) >= 11 is 0. The SMILES string of the molecule is CCN(CC)C(=O)CN(C)C(=O)C1CCN(c2ccc(C)c(C)c2)C1=O. The monoisotopic (exact) mass is 359 g/mol. The number of rotatable bonds is 6. The fourth-order valence-electron chi connectivity index (χ4n) is 3.28. The fourth-order valence-corrected chi connectivity index (χ4v) is 3.28. The molecule has 1 fully saturated rings. The van der Waals surface area contributed by atoms with Gasteiger partial charge < -0.3 is 14.7 Å². The number of hydrogen-bond acceptors (Lipinski definition) is 3. The molecule has 1 atom stereocenters. The molecule has 0 radical (unpaired) electrons. The van der Waals surface area contributed by atoms with E-state index in [9.17, 15) is 14.4 Å². The van der Waals surface area contributed by atoms with Crippen molar-refractivity contribution in [2.75, 3.05) is 38.1 Å². The van der Waals surface area contributed by atoms with Crippen molar-refractivity contribution in [3.8, 4) is 0 Å². The van der Waals surface area contributed by atoms with Gasteiger partial charge in [0.2, 0.25) is 17.7 Å². The standard InChI is InChI=1S/C20H29N3O3/c1-6-22(7-2)18(24)13-21(5)19(25)17-10-11-23(20(17)26)16-9-8-14(3)15(4)12-16/h8-9,12,17H,6-7,10-11,13H2,1-5H3. The van der Waals surface area contributed by atoms with Crippen LogP contribution in [0, 0.1) is 19.8 Å². The van der Waals surface area contributed by atoms with Crippen molar-refractivity contribution in [3.05, 3.63) is 29.3 Å². The Morgan fingerprint density at radius 2 is 1.81 bits per heavy atom. The highest BCUT2D eigenvalue weighted by molar-refractivity contribution is 6.10. The number of aryl methyl sites for hydroxylation is 2. The van der Waals surface area contributed by atoms with Crippen LogP contribution in [0.2, 0.25) is 0 Å². The highest BCUT2D eigenvalue weighted by Gasteiger charge is 2.39. The van der Waals surface area contributed by atoms with Gasteiger partial charge in [0.1, 0.15) is 5.92 Å². The van der Waals surface area contributed by atoms with Crippen LogP contribution in [0.1, 0.15) is 31.4 Å².